The highest BCUT2D eigenvalue weighted by Crippen LogP contribution is 2.41. The Kier molecular flexibility index (Phi) is 3.80. The first-order valence-corrected chi connectivity index (χ1v) is 6.15. The van der Waals surface area contributed by atoms with Crippen LogP contribution in [0.1, 0.15) is 53.4 Å². The zero-order valence-corrected chi connectivity index (χ0v) is 10.5. The molecule has 0 radical (unpaired) electrons. The van der Waals surface area contributed by atoms with Crippen molar-refractivity contribution in [3.05, 3.63) is 0 Å². The van der Waals surface area contributed by atoms with Crippen LogP contribution in [0.15, 0.2) is 0 Å². The minimum absolute atomic E-state index is 0.143. The molecule has 0 spiro atoms. The lowest BCUT2D eigenvalue weighted by Gasteiger charge is -2.38. The van der Waals surface area contributed by atoms with E-state index < -0.39 is 0 Å². The highest BCUT2D eigenvalue weighted by atomic mass is 16.1. The monoisotopic (exact) mass is 211 g/mol. The smallest absolute Gasteiger partial charge is 0.223 e. The van der Waals surface area contributed by atoms with Crippen LogP contribution < -0.4 is 5.73 Å². The van der Waals surface area contributed by atoms with E-state index in [1.165, 1.54) is 25.7 Å². The van der Waals surface area contributed by atoms with Crippen molar-refractivity contribution in [3.63, 3.8) is 0 Å². The summed E-state index contributed by atoms with van der Waals surface area (Å²) in [5.74, 6) is 1.98. The third-order valence-corrected chi connectivity index (χ3v) is 4.37. The van der Waals surface area contributed by atoms with Crippen LogP contribution in [0.3, 0.4) is 0 Å². The molecule has 0 bridgehead atoms. The van der Waals surface area contributed by atoms with Crippen LogP contribution in [0, 0.1) is 23.2 Å². The summed E-state index contributed by atoms with van der Waals surface area (Å²) in [4.78, 5) is 11.4. The number of rotatable bonds is 3. The zero-order chi connectivity index (χ0) is 11.6. The summed E-state index contributed by atoms with van der Waals surface area (Å²) in [7, 11) is 0. The number of carbonyl (C=O) groups excluding carboxylic acids is 1. The van der Waals surface area contributed by atoms with Gasteiger partial charge in [0, 0.05) is 5.41 Å². The Morgan fingerprint density at radius 2 is 1.67 bits per heavy atom. The molecule has 2 N–H and O–H groups in total. The number of primary amides is 1. The van der Waals surface area contributed by atoms with E-state index in [0.717, 1.165) is 11.8 Å². The fraction of sp³-hybridized carbons (Fsp3) is 0.923. The Morgan fingerprint density at radius 3 is 2.00 bits per heavy atom. The van der Waals surface area contributed by atoms with Gasteiger partial charge in [-0.2, -0.15) is 0 Å². The van der Waals surface area contributed by atoms with Gasteiger partial charge >= 0.3 is 0 Å². The van der Waals surface area contributed by atoms with Gasteiger partial charge in [-0.25, -0.2) is 0 Å². The van der Waals surface area contributed by atoms with Gasteiger partial charge in [-0.15, -0.1) is 0 Å². The molecule has 1 aliphatic rings. The number of amides is 1. The molecule has 88 valence electrons. The van der Waals surface area contributed by atoms with Crippen molar-refractivity contribution in [1.82, 2.24) is 0 Å². The average molecular weight is 211 g/mol. The molecule has 0 heterocycles. The van der Waals surface area contributed by atoms with E-state index in [2.05, 4.69) is 13.8 Å². The number of nitrogens with two attached hydrogens (primary N) is 1. The lowest BCUT2D eigenvalue weighted by molar-refractivity contribution is -0.129. The van der Waals surface area contributed by atoms with Gasteiger partial charge in [0.1, 0.15) is 0 Å². The molecular weight excluding hydrogens is 186 g/mol. The maximum atomic E-state index is 11.4. The second-order valence-electron chi connectivity index (χ2n) is 5.94. The average Bonchev–Trinajstić information content (AvgIpc) is 2.17. The third-order valence-electron chi connectivity index (χ3n) is 4.37. The molecule has 1 saturated carbocycles. The van der Waals surface area contributed by atoms with E-state index in [1.54, 1.807) is 0 Å². The molecule has 0 aromatic rings. The number of hydrogen-bond acceptors (Lipinski definition) is 1. The first-order valence-electron chi connectivity index (χ1n) is 6.15. The summed E-state index contributed by atoms with van der Waals surface area (Å²) in [6.45, 7) is 8.58. The van der Waals surface area contributed by atoms with Crippen molar-refractivity contribution in [1.29, 1.82) is 0 Å². The van der Waals surface area contributed by atoms with Gasteiger partial charge in [0.05, 0.1) is 0 Å². The highest BCUT2D eigenvalue weighted by Gasteiger charge is 2.37. The van der Waals surface area contributed by atoms with Crippen LogP contribution in [-0.4, -0.2) is 5.91 Å². The van der Waals surface area contributed by atoms with Crippen LogP contribution in [0.5, 0.6) is 0 Å². The van der Waals surface area contributed by atoms with Crippen LogP contribution in [0.2, 0.25) is 0 Å². The van der Waals surface area contributed by atoms with Crippen molar-refractivity contribution in [2.24, 2.45) is 28.9 Å². The molecule has 1 fully saturated rings. The van der Waals surface area contributed by atoms with Crippen molar-refractivity contribution in [2.45, 2.75) is 53.4 Å². The Hall–Kier alpha value is -0.530. The maximum absolute atomic E-state index is 11.4. The lowest BCUT2D eigenvalue weighted by atomic mass is 9.67. The minimum atomic E-state index is -0.318. The molecule has 0 aromatic heterocycles. The van der Waals surface area contributed by atoms with E-state index in [9.17, 15) is 4.79 Å². The van der Waals surface area contributed by atoms with Crippen LogP contribution in [0.25, 0.3) is 0 Å². The summed E-state index contributed by atoms with van der Waals surface area (Å²) in [5.41, 5.74) is 5.14. The van der Waals surface area contributed by atoms with Crippen LogP contribution in [-0.2, 0) is 4.79 Å². The van der Waals surface area contributed by atoms with Gasteiger partial charge in [-0.05, 0) is 43.4 Å². The highest BCUT2D eigenvalue weighted by molar-refractivity contribution is 5.80. The zero-order valence-electron chi connectivity index (χ0n) is 10.5. The van der Waals surface area contributed by atoms with Gasteiger partial charge in [0.25, 0.3) is 0 Å². The summed E-state index contributed by atoms with van der Waals surface area (Å²) in [6.07, 6.45) is 4.86. The molecule has 15 heavy (non-hydrogen) atoms. The molecule has 1 rings (SSSR count). The van der Waals surface area contributed by atoms with E-state index >= 15 is 0 Å². The van der Waals surface area contributed by atoms with Gasteiger partial charge in [-0.1, -0.05) is 27.7 Å². The van der Waals surface area contributed by atoms with Gasteiger partial charge < -0.3 is 5.73 Å². The first-order chi connectivity index (χ1) is 6.85. The third kappa shape index (κ3) is 2.73. The molecule has 0 aliphatic heterocycles. The summed E-state index contributed by atoms with van der Waals surface area (Å²) >= 11 is 0. The topological polar surface area (TPSA) is 43.1 Å². The van der Waals surface area contributed by atoms with Crippen molar-refractivity contribution < 1.29 is 4.79 Å². The minimum Gasteiger partial charge on any atom is -0.369 e. The molecule has 2 heteroatoms. The molecule has 1 aliphatic carbocycles. The van der Waals surface area contributed by atoms with Crippen molar-refractivity contribution >= 4 is 5.91 Å². The quantitative estimate of drug-likeness (QED) is 0.766. The van der Waals surface area contributed by atoms with E-state index in [1.807, 2.05) is 13.8 Å². The standard InChI is InChI=1S/C13H25NO/c1-9(2)10-5-7-11(8-6-10)13(3,4)12(14)15/h9-11H,5-8H2,1-4H3,(H2,14,15). The molecule has 0 aromatic carbocycles. The SMILES string of the molecule is CC(C)C1CCC(C(C)(C)C(N)=O)CC1. The molecular formula is C13H25NO. The first kappa shape index (κ1) is 12.5. The largest absolute Gasteiger partial charge is 0.369 e. The second-order valence-corrected chi connectivity index (χ2v) is 5.94. The fourth-order valence-electron chi connectivity index (χ4n) is 2.71. The lowest BCUT2D eigenvalue weighted by Crippen LogP contribution is -2.40. The molecule has 2 nitrogen and oxygen atoms in total. The molecule has 1 amide bonds. The molecule has 0 unspecified atom stereocenters. The Bertz CT molecular complexity index is 225. The summed E-state index contributed by atoms with van der Waals surface area (Å²) in [6, 6.07) is 0. The van der Waals surface area contributed by atoms with E-state index in [0.29, 0.717) is 5.92 Å². The van der Waals surface area contributed by atoms with Crippen LogP contribution in [0.4, 0.5) is 0 Å². The predicted molar refractivity (Wildman–Crippen MR) is 63.3 cm³/mol. The predicted octanol–water partition coefficient (Wildman–Crippen LogP) is 2.96. The Labute approximate surface area is 93.6 Å². The van der Waals surface area contributed by atoms with Crippen molar-refractivity contribution in [2.75, 3.05) is 0 Å². The normalized spacial score (nSPS) is 28.1. The van der Waals surface area contributed by atoms with E-state index in [-0.39, 0.29) is 11.3 Å². The van der Waals surface area contributed by atoms with Gasteiger partial charge in [0.15, 0.2) is 0 Å². The van der Waals surface area contributed by atoms with Crippen molar-refractivity contribution in [3.8, 4) is 0 Å². The maximum Gasteiger partial charge on any atom is 0.223 e. The number of hydrogen-bond donors (Lipinski definition) is 1. The second kappa shape index (κ2) is 4.54. The molecule has 0 saturated heterocycles. The molecule has 0 atom stereocenters. The fourth-order valence-corrected chi connectivity index (χ4v) is 2.71. The summed E-state index contributed by atoms with van der Waals surface area (Å²) < 4.78 is 0. The van der Waals surface area contributed by atoms with Gasteiger partial charge in [0.2, 0.25) is 5.91 Å². The Balaban J connectivity index is 2.54. The van der Waals surface area contributed by atoms with E-state index in [4.69, 9.17) is 5.73 Å². The number of carbonyl (C=O) groups is 1. The van der Waals surface area contributed by atoms with Gasteiger partial charge in [-0.3, -0.25) is 4.79 Å². The Morgan fingerprint density at radius 1 is 1.20 bits per heavy atom. The summed E-state index contributed by atoms with van der Waals surface area (Å²) in [5, 5.41) is 0. The van der Waals surface area contributed by atoms with Crippen LogP contribution >= 0.6 is 0 Å².